The van der Waals surface area contributed by atoms with Gasteiger partial charge in [-0.2, -0.15) is 5.06 Å². The summed E-state index contributed by atoms with van der Waals surface area (Å²) in [5.74, 6) is -0.636. The van der Waals surface area contributed by atoms with Crippen molar-refractivity contribution in [2.45, 2.75) is 28.8 Å². The highest BCUT2D eigenvalue weighted by atomic mass is 32.2. The van der Waals surface area contributed by atoms with Crippen LogP contribution in [0, 0.1) is 0 Å². The maximum atomic E-state index is 12.7. The highest BCUT2D eigenvalue weighted by Crippen LogP contribution is 2.23. The van der Waals surface area contributed by atoms with Gasteiger partial charge in [-0.05, 0) is 48.4 Å². The number of primary amides is 1. The number of nitrogens with two attached hydrogens (primary N) is 1. The number of amides is 1. The molecule has 9 nitrogen and oxygen atoms in total. The number of hydrogen-bond acceptors (Lipinski definition) is 8. The fraction of sp³-hybridized carbons (Fsp3) is 0.316. The van der Waals surface area contributed by atoms with E-state index in [4.69, 9.17) is 10.5 Å². The molecule has 2 aromatic rings. The molecule has 0 aliphatic carbocycles. The Hall–Kier alpha value is -2.47. The van der Waals surface area contributed by atoms with E-state index < -0.39 is 31.6 Å². The molecular weight excluding hydrogens is 432 g/mol. The van der Waals surface area contributed by atoms with Crippen molar-refractivity contribution in [1.82, 2.24) is 5.06 Å². The number of ether oxygens (including phenoxy) is 1. The highest BCUT2D eigenvalue weighted by molar-refractivity contribution is 7.91. The van der Waals surface area contributed by atoms with Crippen molar-refractivity contribution in [3.05, 3.63) is 54.1 Å². The molecule has 0 saturated carbocycles. The van der Waals surface area contributed by atoms with Gasteiger partial charge in [0.05, 0.1) is 22.7 Å². The van der Waals surface area contributed by atoms with E-state index in [0.717, 1.165) is 6.26 Å². The van der Waals surface area contributed by atoms with E-state index in [1.165, 1.54) is 43.5 Å². The average Bonchev–Trinajstić information content (AvgIpc) is 2.67. The lowest BCUT2D eigenvalue weighted by atomic mass is 10.1. The van der Waals surface area contributed by atoms with Gasteiger partial charge in [0.15, 0.2) is 0 Å². The second-order valence-electron chi connectivity index (χ2n) is 6.76. The normalized spacial score (nSPS) is 13.2. The summed E-state index contributed by atoms with van der Waals surface area (Å²) < 4.78 is 53.1. The Balaban J connectivity index is 2.14. The van der Waals surface area contributed by atoms with E-state index in [9.17, 15) is 26.8 Å². The standard InChI is InChI=1S/C19H24N2O7S2/c1-28-15-5-9-17(10-6-15)30(26,27)16-7-3-14(4-8-16)13-21(23)18(19(20)22)11-12-29(2,24)25/h3-10,18,23H,11-13H2,1-2H3,(H2,20,22). The molecular formula is C19H24N2O7S2. The molecule has 2 rings (SSSR count). The second kappa shape index (κ2) is 9.56. The van der Waals surface area contributed by atoms with Gasteiger partial charge in [-0.3, -0.25) is 4.79 Å². The van der Waals surface area contributed by atoms with Crippen LogP contribution in [0.15, 0.2) is 58.3 Å². The smallest absolute Gasteiger partial charge is 0.237 e. The molecule has 3 N–H and O–H groups in total. The number of sulfone groups is 2. The molecule has 164 valence electrons. The Morgan fingerprint density at radius 2 is 1.53 bits per heavy atom. The van der Waals surface area contributed by atoms with Crippen molar-refractivity contribution >= 4 is 25.6 Å². The molecule has 1 unspecified atom stereocenters. The van der Waals surface area contributed by atoms with Crippen LogP contribution < -0.4 is 10.5 Å². The van der Waals surface area contributed by atoms with Crippen LogP contribution >= 0.6 is 0 Å². The summed E-state index contributed by atoms with van der Waals surface area (Å²) >= 11 is 0. The first-order valence-electron chi connectivity index (χ1n) is 8.84. The summed E-state index contributed by atoms with van der Waals surface area (Å²) in [7, 11) is -5.59. The average molecular weight is 457 g/mol. The maximum Gasteiger partial charge on any atom is 0.237 e. The van der Waals surface area contributed by atoms with E-state index in [1.807, 2.05) is 0 Å². The van der Waals surface area contributed by atoms with Crippen LogP contribution in [0.3, 0.4) is 0 Å². The summed E-state index contributed by atoms with van der Waals surface area (Å²) in [6, 6.07) is 10.5. The number of methoxy groups -OCH3 is 1. The quantitative estimate of drug-likeness (QED) is 0.504. The zero-order chi connectivity index (χ0) is 22.5. The fourth-order valence-electron chi connectivity index (χ4n) is 2.73. The molecule has 0 fully saturated rings. The van der Waals surface area contributed by atoms with E-state index in [2.05, 4.69) is 0 Å². The summed E-state index contributed by atoms with van der Waals surface area (Å²) in [4.78, 5) is 11.7. The Labute approximate surface area is 175 Å². The Kier molecular flexibility index (Phi) is 7.59. The predicted molar refractivity (Wildman–Crippen MR) is 110 cm³/mol. The third-order valence-electron chi connectivity index (χ3n) is 4.40. The van der Waals surface area contributed by atoms with Crippen LogP contribution in [-0.4, -0.2) is 58.2 Å². The maximum absolute atomic E-state index is 12.7. The zero-order valence-electron chi connectivity index (χ0n) is 16.6. The summed E-state index contributed by atoms with van der Waals surface area (Å²) in [6.45, 7) is -0.139. The highest BCUT2D eigenvalue weighted by Gasteiger charge is 2.24. The first-order valence-corrected chi connectivity index (χ1v) is 12.4. The minimum absolute atomic E-state index is 0.0597. The van der Waals surface area contributed by atoms with E-state index in [-0.39, 0.29) is 28.5 Å². The molecule has 1 atom stereocenters. The summed E-state index contributed by atoms with van der Waals surface area (Å²) in [6.07, 6.45) is 0.864. The predicted octanol–water partition coefficient (Wildman–Crippen LogP) is 1.01. The van der Waals surface area contributed by atoms with Crippen LogP contribution in [0.25, 0.3) is 0 Å². The number of carbonyl (C=O) groups is 1. The van der Waals surface area contributed by atoms with Gasteiger partial charge in [0.1, 0.15) is 21.6 Å². The number of nitrogens with zero attached hydrogens (tertiary/aromatic N) is 1. The lowest BCUT2D eigenvalue weighted by Crippen LogP contribution is -2.43. The molecule has 30 heavy (non-hydrogen) atoms. The molecule has 0 heterocycles. The van der Waals surface area contributed by atoms with Gasteiger partial charge in [-0.25, -0.2) is 16.8 Å². The molecule has 11 heteroatoms. The molecule has 0 spiro atoms. The van der Waals surface area contributed by atoms with Crippen LogP contribution in [0.5, 0.6) is 5.75 Å². The first kappa shape index (κ1) is 23.8. The molecule has 0 radical (unpaired) electrons. The Morgan fingerprint density at radius 1 is 1.03 bits per heavy atom. The summed E-state index contributed by atoms with van der Waals surface area (Å²) in [5.41, 5.74) is 5.77. The van der Waals surface area contributed by atoms with Gasteiger partial charge in [-0.15, -0.1) is 0 Å². The van der Waals surface area contributed by atoms with Crippen LogP contribution in [0.2, 0.25) is 0 Å². The topological polar surface area (TPSA) is 144 Å². The van der Waals surface area contributed by atoms with Gasteiger partial charge in [-0.1, -0.05) is 12.1 Å². The molecule has 0 saturated heterocycles. The van der Waals surface area contributed by atoms with Crippen molar-refractivity contribution in [3.8, 4) is 5.75 Å². The number of benzene rings is 2. The SMILES string of the molecule is COc1ccc(S(=O)(=O)c2ccc(CN(O)C(CCS(C)(=O)=O)C(N)=O)cc2)cc1. The van der Waals surface area contributed by atoms with Crippen molar-refractivity contribution in [2.24, 2.45) is 5.73 Å². The first-order chi connectivity index (χ1) is 13.9. The number of rotatable bonds is 10. The Morgan fingerprint density at radius 3 is 1.97 bits per heavy atom. The van der Waals surface area contributed by atoms with Crippen LogP contribution in [0.1, 0.15) is 12.0 Å². The lowest BCUT2D eigenvalue weighted by molar-refractivity contribution is -0.156. The van der Waals surface area contributed by atoms with Crippen molar-refractivity contribution < 1.29 is 31.6 Å². The third-order valence-corrected chi connectivity index (χ3v) is 7.16. The zero-order valence-corrected chi connectivity index (χ0v) is 18.2. The van der Waals surface area contributed by atoms with Crippen molar-refractivity contribution in [1.29, 1.82) is 0 Å². The van der Waals surface area contributed by atoms with Crippen LogP contribution in [-0.2, 0) is 31.0 Å². The fourth-order valence-corrected chi connectivity index (χ4v) is 4.64. The number of hydroxylamine groups is 2. The van der Waals surface area contributed by atoms with E-state index >= 15 is 0 Å². The minimum atomic E-state index is -3.74. The van der Waals surface area contributed by atoms with Gasteiger partial charge in [0, 0.05) is 12.8 Å². The summed E-state index contributed by atoms with van der Waals surface area (Å²) in [5, 5.41) is 10.8. The monoisotopic (exact) mass is 456 g/mol. The van der Waals surface area contributed by atoms with Gasteiger partial charge >= 0.3 is 0 Å². The van der Waals surface area contributed by atoms with E-state index in [1.54, 1.807) is 12.1 Å². The molecule has 2 aromatic carbocycles. The molecule has 1 amide bonds. The van der Waals surface area contributed by atoms with Gasteiger partial charge < -0.3 is 15.7 Å². The largest absolute Gasteiger partial charge is 0.497 e. The van der Waals surface area contributed by atoms with Gasteiger partial charge in [0.2, 0.25) is 15.7 Å². The van der Waals surface area contributed by atoms with Crippen molar-refractivity contribution in [2.75, 3.05) is 19.1 Å². The number of hydrogen-bond donors (Lipinski definition) is 2. The Bertz CT molecular complexity index is 1080. The van der Waals surface area contributed by atoms with Crippen LogP contribution in [0.4, 0.5) is 0 Å². The minimum Gasteiger partial charge on any atom is -0.497 e. The lowest BCUT2D eigenvalue weighted by Gasteiger charge is -2.23. The van der Waals surface area contributed by atoms with Crippen molar-refractivity contribution in [3.63, 3.8) is 0 Å². The number of carbonyl (C=O) groups excluding carboxylic acids is 1. The third kappa shape index (κ3) is 6.26. The second-order valence-corrected chi connectivity index (χ2v) is 11.0. The molecule has 0 aliphatic heterocycles. The molecule has 0 aromatic heterocycles. The molecule has 0 aliphatic rings. The van der Waals surface area contributed by atoms with Gasteiger partial charge in [0.25, 0.3) is 0 Å². The van der Waals surface area contributed by atoms with E-state index in [0.29, 0.717) is 16.4 Å². The molecule has 0 bridgehead atoms.